The van der Waals surface area contributed by atoms with E-state index < -0.39 is 23.6 Å². The summed E-state index contributed by atoms with van der Waals surface area (Å²) < 4.78 is 35.4. The van der Waals surface area contributed by atoms with Crippen molar-refractivity contribution in [2.75, 3.05) is 6.54 Å². The Balaban J connectivity index is 2.56. The summed E-state index contributed by atoms with van der Waals surface area (Å²) in [5.41, 5.74) is 0.353. The van der Waals surface area contributed by atoms with Crippen LogP contribution in [0.3, 0.4) is 0 Å². The number of non-ortho nitro benzene ring substituents is 1. The summed E-state index contributed by atoms with van der Waals surface area (Å²) >= 11 is 0. The Hall–Kier alpha value is -2.38. The number of hydrogen-bond donors (Lipinski definition) is 1. The van der Waals surface area contributed by atoms with E-state index in [9.17, 15) is 28.1 Å². The van der Waals surface area contributed by atoms with Gasteiger partial charge in [-0.3, -0.25) is 14.9 Å². The Morgan fingerprint density at radius 3 is 2.37 bits per heavy atom. The molecule has 1 rings (SSSR count). The molecule has 0 radical (unpaired) electrons. The minimum atomic E-state index is -4.46. The first-order valence-electron chi connectivity index (χ1n) is 5.05. The lowest BCUT2D eigenvalue weighted by Crippen LogP contribution is -2.32. The monoisotopic (exact) mass is 274 g/mol. The summed E-state index contributed by atoms with van der Waals surface area (Å²) in [6, 6.07) is 5.22. The van der Waals surface area contributed by atoms with Crippen molar-refractivity contribution < 1.29 is 22.9 Å². The van der Waals surface area contributed by atoms with Gasteiger partial charge in [-0.15, -0.1) is 0 Å². The molecule has 8 heteroatoms. The van der Waals surface area contributed by atoms with E-state index in [4.69, 9.17) is 0 Å². The predicted molar refractivity (Wildman–Crippen MR) is 61.2 cm³/mol. The molecule has 0 fully saturated rings. The average Bonchev–Trinajstić information content (AvgIpc) is 2.33. The van der Waals surface area contributed by atoms with Crippen LogP contribution in [0, 0.1) is 10.1 Å². The largest absolute Gasteiger partial charge is 0.405 e. The van der Waals surface area contributed by atoms with Crippen LogP contribution >= 0.6 is 0 Å². The van der Waals surface area contributed by atoms with Gasteiger partial charge in [0, 0.05) is 18.2 Å². The first kappa shape index (κ1) is 14.7. The zero-order valence-electron chi connectivity index (χ0n) is 9.48. The summed E-state index contributed by atoms with van der Waals surface area (Å²) in [6.07, 6.45) is -2.28. The Kier molecular flexibility index (Phi) is 4.62. The summed E-state index contributed by atoms with van der Waals surface area (Å²) in [6.45, 7) is -1.41. The molecule has 0 spiro atoms. The van der Waals surface area contributed by atoms with E-state index in [0.717, 1.165) is 6.08 Å². The molecule has 0 aliphatic carbocycles. The lowest BCUT2D eigenvalue weighted by Gasteiger charge is -2.05. The van der Waals surface area contributed by atoms with E-state index in [1.807, 2.05) is 0 Å². The Bertz CT molecular complexity index is 495. The summed E-state index contributed by atoms with van der Waals surface area (Å²) in [7, 11) is 0. The average molecular weight is 274 g/mol. The topological polar surface area (TPSA) is 72.2 Å². The molecule has 19 heavy (non-hydrogen) atoms. The Labute approximate surface area is 105 Å². The Morgan fingerprint density at radius 1 is 1.32 bits per heavy atom. The van der Waals surface area contributed by atoms with Gasteiger partial charge < -0.3 is 5.32 Å². The van der Waals surface area contributed by atoms with Crippen molar-refractivity contribution in [2.45, 2.75) is 6.18 Å². The van der Waals surface area contributed by atoms with E-state index in [2.05, 4.69) is 0 Å². The zero-order chi connectivity index (χ0) is 14.5. The van der Waals surface area contributed by atoms with Gasteiger partial charge in [-0.1, -0.05) is 0 Å². The van der Waals surface area contributed by atoms with Gasteiger partial charge in [0.25, 0.3) is 5.69 Å². The number of alkyl halides is 3. The van der Waals surface area contributed by atoms with E-state index in [-0.39, 0.29) is 5.69 Å². The van der Waals surface area contributed by atoms with Gasteiger partial charge in [-0.25, -0.2) is 0 Å². The quantitative estimate of drug-likeness (QED) is 0.520. The van der Waals surface area contributed by atoms with Crippen LogP contribution in [-0.2, 0) is 4.79 Å². The number of nitrogens with one attached hydrogen (secondary N) is 1. The maximum Gasteiger partial charge on any atom is 0.405 e. The molecule has 1 N–H and O–H groups in total. The third kappa shape index (κ3) is 5.66. The number of nitro groups is 1. The second-order valence-corrected chi connectivity index (χ2v) is 3.51. The molecule has 102 valence electrons. The lowest BCUT2D eigenvalue weighted by atomic mass is 10.2. The third-order valence-corrected chi connectivity index (χ3v) is 1.99. The molecule has 0 atom stereocenters. The molecule has 0 saturated heterocycles. The fourth-order valence-electron chi connectivity index (χ4n) is 1.13. The highest BCUT2D eigenvalue weighted by Gasteiger charge is 2.27. The SMILES string of the molecule is O=C(/C=C/c1ccc([N+](=O)[O-])cc1)NCC(F)(F)F. The zero-order valence-corrected chi connectivity index (χ0v) is 9.48. The van der Waals surface area contributed by atoms with E-state index >= 15 is 0 Å². The number of benzene rings is 1. The van der Waals surface area contributed by atoms with Gasteiger partial charge in [-0.05, 0) is 23.8 Å². The normalized spacial score (nSPS) is 11.5. The molecule has 1 amide bonds. The van der Waals surface area contributed by atoms with Crippen LogP contribution in [0.25, 0.3) is 6.08 Å². The third-order valence-electron chi connectivity index (χ3n) is 1.99. The standard InChI is InChI=1S/C11H9F3N2O3/c12-11(13,14)7-15-10(17)6-3-8-1-4-9(5-2-8)16(18)19/h1-6H,7H2,(H,15,17)/b6-3+. The van der Waals surface area contributed by atoms with Crippen molar-refractivity contribution in [3.63, 3.8) is 0 Å². The first-order chi connectivity index (χ1) is 8.78. The molecule has 0 saturated carbocycles. The van der Waals surface area contributed by atoms with Crippen molar-refractivity contribution in [3.8, 4) is 0 Å². The summed E-state index contributed by atoms with van der Waals surface area (Å²) in [5.74, 6) is -0.893. The number of nitrogens with zero attached hydrogens (tertiary/aromatic N) is 1. The van der Waals surface area contributed by atoms with Crippen molar-refractivity contribution in [3.05, 3.63) is 46.0 Å². The smallest absolute Gasteiger partial charge is 0.343 e. The van der Waals surface area contributed by atoms with Gasteiger partial charge in [-0.2, -0.15) is 13.2 Å². The molecular weight excluding hydrogens is 265 g/mol. The number of carbonyl (C=O) groups is 1. The van der Waals surface area contributed by atoms with E-state index in [1.54, 1.807) is 5.32 Å². The molecule has 0 aromatic heterocycles. The van der Waals surface area contributed by atoms with Crippen molar-refractivity contribution >= 4 is 17.7 Å². The van der Waals surface area contributed by atoms with Crippen LogP contribution in [0.4, 0.5) is 18.9 Å². The molecular formula is C11H9F3N2O3. The fraction of sp³-hybridized carbons (Fsp3) is 0.182. The summed E-state index contributed by atoms with van der Waals surface area (Å²) in [5, 5.41) is 12.0. The van der Waals surface area contributed by atoms with Gasteiger partial charge >= 0.3 is 6.18 Å². The molecule has 0 unspecified atom stereocenters. The maximum atomic E-state index is 11.8. The molecule has 0 bridgehead atoms. The minimum absolute atomic E-state index is 0.112. The Morgan fingerprint density at radius 2 is 1.89 bits per heavy atom. The first-order valence-corrected chi connectivity index (χ1v) is 5.05. The van der Waals surface area contributed by atoms with Gasteiger partial charge in [0.2, 0.25) is 5.91 Å². The van der Waals surface area contributed by atoms with Crippen LogP contribution in [0.1, 0.15) is 5.56 Å². The van der Waals surface area contributed by atoms with Crippen LogP contribution < -0.4 is 5.32 Å². The van der Waals surface area contributed by atoms with Crippen molar-refractivity contribution in [1.82, 2.24) is 5.32 Å². The number of carbonyl (C=O) groups excluding carboxylic acids is 1. The van der Waals surface area contributed by atoms with Gasteiger partial charge in [0.1, 0.15) is 6.54 Å². The van der Waals surface area contributed by atoms with Crippen LogP contribution in [0.2, 0.25) is 0 Å². The van der Waals surface area contributed by atoms with Crippen LogP contribution in [-0.4, -0.2) is 23.6 Å². The maximum absolute atomic E-state index is 11.8. The highest BCUT2D eigenvalue weighted by atomic mass is 19.4. The van der Waals surface area contributed by atoms with Crippen molar-refractivity contribution in [1.29, 1.82) is 0 Å². The van der Waals surface area contributed by atoms with Gasteiger partial charge in [0.05, 0.1) is 4.92 Å². The van der Waals surface area contributed by atoms with Crippen LogP contribution in [0.15, 0.2) is 30.3 Å². The number of hydrogen-bond acceptors (Lipinski definition) is 3. The second-order valence-electron chi connectivity index (χ2n) is 3.51. The van der Waals surface area contributed by atoms with Crippen molar-refractivity contribution in [2.24, 2.45) is 0 Å². The van der Waals surface area contributed by atoms with E-state index in [0.29, 0.717) is 5.56 Å². The number of rotatable bonds is 4. The lowest BCUT2D eigenvalue weighted by molar-refractivity contribution is -0.384. The number of amides is 1. The number of halogens is 3. The molecule has 1 aromatic rings. The predicted octanol–water partition coefficient (Wildman–Crippen LogP) is 2.29. The molecule has 0 heterocycles. The number of nitro benzene ring substituents is 1. The van der Waals surface area contributed by atoms with Gasteiger partial charge in [0.15, 0.2) is 0 Å². The fourth-order valence-corrected chi connectivity index (χ4v) is 1.13. The van der Waals surface area contributed by atoms with E-state index in [1.165, 1.54) is 30.3 Å². The molecule has 5 nitrogen and oxygen atoms in total. The molecule has 1 aromatic carbocycles. The highest BCUT2D eigenvalue weighted by molar-refractivity contribution is 5.91. The molecule has 0 aliphatic heterocycles. The summed E-state index contributed by atoms with van der Waals surface area (Å²) in [4.78, 5) is 20.8. The second kappa shape index (κ2) is 5.98. The minimum Gasteiger partial charge on any atom is -0.343 e. The molecule has 0 aliphatic rings. The van der Waals surface area contributed by atoms with Crippen LogP contribution in [0.5, 0.6) is 0 Å². The highest BCUT2D eigenvalue weighted by Crippen LogP contribution is 2.13.